The summed E-state index contributed by atoms with van der Waals surface area (Å²) in [5, 5.41) is 3.38. The summed E-state index contributed by atoms with van der Waals surface area (Å²) in [6.45, 7) is 0.486. The number of rotatable bonds is 7. The van der Waals surface area contributed by atoms with Gasteiger partial charge in [-0.15, -0.1) is 0 Å². The Labute approximate surface area is 168 Å². The monoisotopic (exact) mass is 404 g/mol. The predicted molar refractivity (Wildman–Crippen MR) is 106 cm³/mol. The third-order valence-electron chi connectivity index (χ3n) is 4.32. The number of hydrogen-bond acceptors (Lipinski definition) is 6. The first-order valence-corrected chi connectivity index (χ1v) is 9.10. The molecule has 1 N–H and O–H groups in total. The van der Waals surface area contributed by atoms with Gasteiger partial charge >= 0.3 is 5.97 Å². The Morgan fingerprint density at radius 3 is 2.71 bits per heavy atom. The van der Waals surface area contributed by atoms with Crippen LogP contribution >= 0.6 is 11.6 Å². The number of anilines is 1. The highest BCUT2D eigenvalue weighted by molar-refractivity contribution is 6.31. The maximum absolute atomic E-state index is 12.3. The molecule has 1 amide bonds. The minimum atomic E-state index is -0.409. The zero-order valence-electron chi connectivity index (χ0n) is 15.7. The van der Waals surface area contributed by atoms with E-state index in [1.807, 2.05) is 18.2 Å². The maximum atomic E-state index is 12.3. The highest BCUT2D eigenvalue weighted by Gasteiger charge is 2.25. The number of nitrogens with one attached hydrogen (secondary N) is 1. The predicted octanol–water partition coefficient (Wildman–Crippen LogP) is 2.44. The first-order chi connectivity index (χ1) is 13.5. The lowest BCUT2D eigenvalue weighted by Gasteiger charge is -2.29. The molecule has 0 aromatic heterocycles. The molecule has 0 saturated carbocycles. The molecule has 1 aliphatic heterocycles. The average molecular weight is 405 g/mol. The van der Waals surface area contributed by atoms with Gasteiger partial charge in [-0.25, -0.2) is 4.79 Å². The van der Waals surface area contributed by atoms with Crippen molar-refractivity contribution in [1.82, 2.24) is 5.32 Å². The van der Waals surface area contributed by atoms with Gasteiger partial charge in [0.2, 0.25) is 5.91 Å². The number of esters is 1. The Balaban J connectivity index is 1.57. The zero-order chi connectivity index (χ0) is 20.1. The summed E-state index contributed by atoms with van der Waals surface area (Å²) < 4.78 is 15.7. The van der Waals surface area contributed by atoms with Gasteiger partial charge in [0.1, 0.15) is 6.54 Å². The standard InChI is InChI=1S/C20H21ClN2O5/c1-26-17-5-3-13(9-18(17)27-2)7-8-22-19(24)11-23-12-20(25)28-16-6-4-14(21)10-15(16)23/h3-6,9-10H,7-8,11-12H2,1-2H3,(H,22,24). The highest BCUT2D eigenvalue weighted by Crippen LogP contribution is 2.34. The van der Waals surface area contributed by atoms with Crippen LogP contribution in [0.2, 0.25) is 5.02 Å². The van der Waals surface area contributed by atoms with Crippen LogP contribution in [0, 0.1) is 0 Å². The van der Waals surface area contributed by atoms with Crippen LogP contribution in [0.15, 0.2) is 36.4 Å². The Morgan fingerprint density at radius 2 is 1.96 bits per heavy atom. The molecule has 0 fully saturated rings. The fraction of sp³-hybridized carbons (Fsp3) is 0.300. The van der Waals surface area contributed by atoms with Gasteiger partial charge in [0.05, 0.1) is 26.5 Å². The van der Waals surface area contributed by atoms with Crippen LogP contribution in [0.3, 0.4) is 0 Å². The first-order valence-electron chi connectivity index (χ1n) is 8.73. The highest BCUT2D eigenvalue weighted by atomic mass is 35.5. The molecule has 0 radical (unpaired) electrons. The topological polar surface area (TPSA) is 77.1 Å². The molecule has 3 rings (SSSR count). The summed E-state index contributed by atoms with van der Waals surface area (Å²) in [5.74, 6) is 1.10. The molecule has 1 heterocycles. The summed E-state index contributed by atoms with van der Waals surface area (Å²) in [7, 11) is 3.16. The summed E-state index contributed by atoms with van der Waals surface area (Å²) in [6.07, 6.45) is 0.635. The van der Waals surface area contributed by atoms with Crippen molar-refractivity contribution < 1.29 is 23.8 Å². The summed E-state index contributed by atoms with van der Waals surface area (Å²) in [5.41, 5.74) is 1.64. The number of amides is 1. The average Bonchev–Trinajstić information content (AvgIpc) is 2.68. The van der Waals surface area contributed by atoms with E-state index >= 15 is 0 Å². The normalized spacial score (nSPS) is 12.8. The lowest BCUT2D eigenvalue weighted by atomic mass is 10.1. The van der Waals surface area contributed by atoms with Gasteiger partial charge in [-0.1, -0.05) is 17.7 Å². The first kappa shape index (κ1) is 19.8. The molecule has 0 saturated heterocycles. The molecule has 148 valence electrons. The largest absolute Gasteiger partial charge is 0.493 e. The molecule has 1 aliphatic rings. The summed E-state index contributed by atoms with van der Waals surface area (Å²) >= 11 is 6.03. The molecule has 7 nitrogen and oxygen atoms in total. The van der Waals surface area contributed by atoms with Crippen molar-refractivity contribution in [2.75, 3.05) is 38.8 Å². The van der Waals surface area contributed by atoms with Crippen molar-refractivity contribution >= 4 is 29.2 Å². The van der Waals surface area contributed by atoms with Crippen LogP contribution in [-0.4, -0.2) is 45.7 Å². The molecule has 0 spiro atoms. The molecule has 0 bridgehead atoms. The second-order valence-corrected chi connectivity index (χ2v) is 6.67. The molecule has 0 unspecified atom stereocenters. The SMILES string of the molecule is COc1ccc(CCNC(=O)CN2CC(=O)Oc3ccc(Cl)cc32)cc1OC. The van der Waals surface area contributed by atoms with Gasteiger partial charge < -0.3 is 24.4 Å². The minimum absolute atomic E-state index is 0.00353. The number of nitrogens with zero attached hydrogens (tertiary/aromatic N) is 1. The van der Waals surface area contributed by atoms with Gasteiger partial charge in [-0.3, -0.25) is 4.79 Å². The van der Waals surface area contributed by atoms with E-state index in [0.29, 0.717) is 40.9 Å². The van der Waals surface area contributed by atoms with Crippen LogP contribution in [0.5, 0.6) is 17.2 Å². The zero-order valence-corrected chi connectivity index (χ0v) is 16.4. The minimum Gasteiger partial charge on any atom is -0.493 e. The van der Waals surface area contributed by atoms with E-state index in [2.05, 4.69) is 5.32 Å². The van der Waals surface area contributed by atoms with Crippen LogP contribution in [0.4, 0.5) is 5.69 Å². The molecular formula is C20H21ClN2O5. The van der Waals surface area contributed by atoms with Gasteiger partial charge in [0.25, 0.3) is 0 Å². The van der Waals surface area contributed by atoms with Gasteiger partial charge in [-0.2, -0.15) is 0 Å². The van der Waals surface area contributed by atoms with Crippen molar-refractivity contribution in [2.45, 2.75) is 6.42 Å². The van der Waals surface area contributed by atoms with Gasteiger partial charge in [0, 0.05) is 11.6 Å². The fourth-order valence-corrected chi connectivity index (χ4v) is 3.14. The van der Waals surface area contributed by atoms with Crippen molar-refractivity contribution in [1.29, 1.82) is 0 Å². The molecular weight excluding hydrogens is 384 g/mol. The number of ether oxygens (including phenoxy) is 3. The van der Waals surface area contributed by atoms with Crippen LogP contribution in [0.1, 0.15) is 5.56 Å². The van der Waals surface area contributed by atoms with E-state index in [1.165, 1.54) is 0 Å². The fourth-order valence-electron chi connectivity index (χ4n) is 2.97. The maximum Gasteiger partial charge on any atom is 0.331 e. The van der Waals surface area contributed by atoms with Crippen molar-refractivity contribution in [3.8, 4) is 17.2 Å². The number of carbonyl (C=O) groups is 2. The molecule has 0 aliphatic carbocycles. The summed E-state index contributed by atoms with van der Waals surface area (Å²) in [6, 6.07) is 10.6. The molecule has 28 heavy (non-hydrogen) atoms. The van der Waals surface area contributed by atoms with E-state index in [4.69, 9.17) is 25.8 Å². The number of methoxy groups -OCH3 is 2. The number of hydrogen-bond donors (Lipinski definition) is 1. The smallest absolute Gasteiger partial charge is 0.331 e. The van der Waals surface area contributed by atoms with Crippen molar-refractivity contribution in [3.63, 3.8) is 0 Å². The number of carbonyl (C=O) groups excluding carboxylic acids is 2. The van der Waals surface area contributed by atoms with E-state index in [-0.39, 0.29) is 19.0 Å². The Bertz CT molecular complexity index is 887. The molecule has 0 atom stereocenters. The Hall–Kier alpha value is -2.93. The number of fused-ring (bicyclic) bond motifs is 1. The van der Waals surface area contributed by atoms with Gasteiger partial charge in [0.15, 0.2) is 17.2 Å². The van der Waals surface area contributed by atoms with Crippen LogP contribution in [0.25, 0.3) is 0 Å². The Kier molecular flexibility index (Phi) is 6.26. The molecule has 2 aromatic rings. The van der Waals surface area contributed by atoms with E-state index in [0.717, 1.165) is 5.56 Å². The van der Waals surface area contributed by atoms with Crippen LogP contribution in [-0.2, 0) is 16.0 Å². The summed E-state index contributed by atoms with van der Waals surface area (Å²) in [4.78, 5) is 25.8. The third-order valence-corrected chi connectivity index (χ3v) is 4.56. The lowest BCUT2D eigenvalue weighted by Crippen LogP contribution is -2.43. The van der Waals surface area contributed by atoms with Gasteiger partial charge in [-0.05, 0) is 42.3 Å². The quantitative estimate of drug-likeness (QED) is 0.564. The second-order valence-electron chi connectivity index (χ2n) is 6.23. The van der Waals surface area contributed by atoms with E-state index in [9.17, 15) is 9.59 Å². The third kappa shape index (κ3) is 4.67. The van der Waals surface area contributed by atoms with E-state index in [1.54, 1.807) is 37.3 Å². The van der Waals surface area contributed by atoms with Crippen molar-refractivity contribution in [3.05, 3.63) is 47.0 Å². The second kappa shape index (κ2) is 8.84. The van der Waals surface area contributed by atoms with Crippen molar-refractivity contribution in [2.24, 2.45) is 0 Å². The number of benzene rings is 2. The molecule has 8 heteroatoms. The number of halogens is 1. The van der Waals surface area contributed by atoms with E-state index < -0.39 is 5.97 Å². The molecule has 2 aromatic carbocycles. The lowest BCUT2D eigenvalue weighted by molar-refractivity contribution is -0.133. The van der Waals surface area contributed by atoms with Crippen LogP contribution < -0.4 is 24.4 Å². The Morgan fingerprint density at radius 1 is 1.18 bits per heavy atom.